The van der Waals surface area contributed by atoms with E-state index in [2.05, 4.69) is 36.4 Å². The lowest BCUT2D eigenvalue weighted by atomic mass is 9.78. The summed E-state index contributed by atoms with van der Waals surface area (Å²) in [6.45, 7) is 10.9. The molecule has 0 aliphatic carbocycles. The number of nitrogens with zero attached hydrogens (tertiary/aromatic N) is 1. The number of amides is 1. The summed E-state index contributed by atoms with van der Waals surface area (Å²) in [5.41, 5.74) is 0.187. The van der Waals surface area contributed by atoms with Gasteiger partial charge in [0, 0.05) is 13.1 Å². The molecular weight excluding hydrogens is 214 g/mol. The number of likely N-dealkylation sites (N-methyl/N-ethyl adjacent to an activating group) is 1. The molecule has 1 fully saturated rings. The molecule has 1 aliphatic rings. The van der Waals surface area contributed by atoms with Gasteiger partial charge in [0.2, 0.25) is 5.91 Å². The molecule has 0 aromatic carbocycles. The highest BCUT2D eigenvalue weighted by molar-refractivity contribution is 5.77. The van der Waals surface area contributed by atoms with Gasteiger partial charge in [-0.25, -0.2) is 0 Å². The number of likely N-dealkylation sites (tertiary alicyclic amines) is 1. The fourth-order valence-corrected chi connectivity index (χ4v) is 2.34. The first-order valence-corrected chi connectivity index (χ1v) is 6.61. The van der Waals surface area contributed by atoms with Crippen LogP contribution in [0.15, 0.2) is 0 Å². The number of hydrogen-bond donors (Lipinski definition) is 2. The summed E-state index contributed by atoms with van der Waals surface area (Å²) in [7, 11) is 2.17. The van der Waals surface area contributed by atoms with E-state index in [0.29, 0.717) is 12.5 Å². The van der Waals surface area contributed by atoms with E-state index in [1.165, 1.54) is 13.0 Å². The zero-order valence-corrected chi connectivity index (χ0v) is 11.7. The molecule has 0 bridgehead atoms. The van der Waals surface area contributed by atoms with Crippen LogP contribution in [0, 0.1) is 11.3 Å². The van der Waals surface area contributed by atoms with E-state index in [1.807, 2.05) is 6.92 Å². The molecule has 1 heterocycles. The summed E-state index contributed by atoms with van der Waals surface area (Å²) < 4.78 is 0. The van der Waals surface area contributed by atoms with Gasteiger partial charge in [0.15, 0.2) is 0 Å². The van der Waals surface area contributed by atoms with Crippen LogP contribution in [0.1, 0.15) is 27.2 Å². The minimum atomic E-state index is 0.103. The minimum Gasteiger partial charge on any atom is -0.354 e. The van der Waals surface area contributed by atoms with Crippen molar-refractivity contribution < 1.29 is 4.79 Å². The highest BCUT2D eigenvalue weighted by atomic mass is 16.1. The van der Waals surface area contributed by atoms with Gasteiger partial charge in [-0.1, -0.05) is 20.8 Å². The van der Waals surface area contributed by atoms with Crippen molar-refractivity contribution in [1.29, 1.82) is 0 Å². The van der Waals surface area contributed by atoms with Crippen molar-refractivity contribution in [2.45, 2.75) is 27.2 Å². The van der Waals surface area contributed by atoms with Crippen LogP contribution < -0.4 is 10.6 Å². The smallest absolute Gasteiger partial charge is 0.233 e. The van der Waals surface area contributed by atoms with Crippen molar-refractivity contribution in [2.75, 3.05) is 39.8 Å². The maximum Gasteiger partial charge on any atom is 0.233 e. The summed E-state index contributed by atoms with van der Waals surface area (Å²) in [4.78, 5) is 13.9. The van der Waals surface area contributed by atoms with Crippen LogP contribution in [0.25, 0.3) is 0 Å². The van der Waals surface area contributed by atoms with Gasteiger partial charge in [0.05, 0.1) is 6.54 Å². The monoisotopic (exact) mass is 241 g/mol. The molecule has 0 aromatic rings. The van der Waals surface area contributed by atoms with Gasteiger partial charge >= 0.3 is 0 Å². The number of carbonyl (C=O) groups excluding carboxylic acids is 1. The SMILES string of the molecule is CCNCC(=O)NCC(C)(C)C1CCN(C)C1. The van der Waals surface area contributed by atoms with Crippen LogP contribution in [-0.4, -0.2) is 50.6 Å². The van der Waals surface area contributed by atoms with Gasteiger partial charge in [-0.3, -0.25) is 4.79 Å². The zero-order valence-electron chi connectivity index (χ0n) is 11.7. The van der Waals surface area contributed by atoms with Crippen molar-refractivity contribution in [1.82, 2.24) is 15.5 Å². The highest BCUT2D eigenvalue weighted by Gasteiger charge is 2.33. The molecule has 1 saturated heterocycles. The first kappa shape index (κ1) is 14.5. The van der Waals surface area contributed by atoms with E-state index in [4.69, 9.17) is 0 Å². The third-order valence-electron chi connectivity index (χ3n) is 3.77. The quantitative estimate of drug-likeness (QED) is 0.719. The fourth-order valence-electron chi connectivity index (χ4n) is 2.34. The predicted molar refractivity (Wildman–Crippen MR) is 70.9 cm³/mol. The molecule has 4 nitrogen and oxygen atoms in total. The third-order valence-corrected chi connectivity index (χ3v) is 3.77. The average Bonchev–Trinajstić information content (AvgIpc) is 2.71. The molecule has 1 atom stereocenters. The van der Waals surface area contributed by atoms with Gasteiger partial charge in [0.25, 0.3) is 0 Å². The lowest BCUT2D eigenvalue weighted by Gasteiger charge is -2.31. The van der Waals surface area contributed by atoms with E-state index in [1.54, 1.807) is 0 Å². The van der Waals surface area contributed by atoms with Crippen LogP contribution in [0.4, 0.5) is 0 Å². The second kappa shape index (κ2) is 6.36. The highest BCUT2D eigenvalue weighted by Crippen LogP contribution is 2.32. The second-order valence-electron chi connectivity index (χ2n) is 5.79. The van der Waals surface area contributed by atoms with Crippen LogP contribution in [0.3, 0.4) is 0 Å². The van der Waals surface area contributed by atoms with Crippen LogP contribution in [-0.2, 0) is 4.79 Å². The molecule has 100 valence electrons. The van der Waals surface area contributed by atoms with Gasteiger partial charge in [-0.15, -0.1) is 0 Å². The van der Waals surface area contributed by atoms with Gasteiger partial charge < -0.3 is 15.5 Å². The summed E-state index contributed by atoms with van der Waals surface area (Å²) in [6, 6.07) is 0. The predicted octanol–water partition coefficient (Wildman–Crippen LogP) is 0.690. The molecule has 1 unspecified atom stereocenters. The van der Waals surface area contributed by atoms with E-state index in [-0.39, 0.29) is 11.3 Å². The molecular formula is C13H27N3O. The average molecular weight is 241 g/mol. The summed E-state index contributed by atoms with van der Waals surface area (Å²) in [5, 5.41) is 6.07. The first-order chi connectivity index (χ1) is 7.95. The van der Waals surface area contributed by atoms with E-state index in [9.17, 15) is 4.79 Å². The Morgan fingerprint density at radius 1 is 1.47 bits per heavy atom. The number of rotatable bonds is 6. The minimum absolute atomic E-state index is 0.103. The Balaban J connectivity index is 2.31. The molecule has 0 spiro atoms. The summed E-state index contributed by atoms with van der Waals surface area (Å²) >= 11 is 0. The van der Waals surface area contributed by atoms with E-state index in [0.717, 1.165) is 19.6 Å². The van der Waals surface area contributed by atoms with Crippen molar-refractivity contribution in [3.63, 3.8) is 0 Å². The Hall–Kier alpha value is -0.610. The Kier molecular flexibility index (Phi) is 5.40. The second-order valence-corrected chi connectivity index (χ2v) is 5.79. The van der Waals surface area contributed by atoms with Crippen molar-refractivity contribution in [3.05, 3.63) is 0 Å². The van der Waals surface area contributed by atoms with Crippen LogP contribution >= 0.6 is 0 Å². The van der Waals surface area contributed by atoms with E-state index >= 15 is 0 Å². The molecule has 1 aliphatic heterocycles. The Morgan fingerprint density at radius 3 is 2.71 bits per heavy atom. The van der Waals surface area contributed by atoms with Gasteiger partial charge in [-0.2, -0.15) is 0 Å². The van der Waals surface area contributed by atoms with Gasteiger partial charge in [-0.05, 0) is 37.9 Å². The topological polar surface area (TPSA) is 44.4 Å². The Bertz CT molecular complexity index is 253. The Labute approximate surface area is 105 Å². The lowest BCUT2D eigenvalue weighted by Crippen LogP contribution is -2.42. The number of hydrogen-bond acceptors (Lipinski definition) is 3. The molecule has 4 heteroatoms. The summed E-state index contributed by atoms with van der Waals surface area (Å²) in [6.07, 6.45) is 1.24. The molecule has 0 aromatic heterocycles. The van der Waals surface area contributed by atoms with Crippen LogP contribution in [0.5, 0.6) is 0 Å². The normalized spacial score (nSPS) is 21.8. The van der Waals surface area contributed by atoms with Gasteiger partial charge in [0.1, 0.15) is 0 Å². The third kappa shape index (κ3) is 4.64. The fraction of sp³-hybridized carbons (Fsp3) is 0.923. The maximum atomic E-state index is 11.5. The molecule has 0 saturated carbocycles. The van der Waals surface area contributed by atoms with Crippen molar-refractivity contribution >= 4 is 5.91 Å². The number of carbonyl (C=O) groups is 1. The molecule has 0 radical (unpaired) electrons. The molecule has 17 heavy (non-hydrogen) atoms. The molecule has 2 N–H and O–H groups in total. The number of nitrogens with one attached hydrogen (secondary N) is 2. The maximum absolute atomic E-state index is 11.5. The molecule has 1 amide bonds. The van der Waals surface area contributed by atoms with Crippen molar-refractivity contribution in [2.24, 2.45) is 11.3 Å². The van der Waals surface area contributed by atoms with Crippen molar-refractivity contribution in [3.8, 4) is 0 Å². The zero-order chi connectivity index (χ0) is 12.9. The lowest BCUT2D eigenvalue weighted by molar-refractivity contribution is -0.120. The standard InChI is InChI=1S/C13H27N3O/c1-5-14-8-12(17)15-10-13(2,3)11-6-7-16(4)9-11/h11,14H,5-10H2,1-4H3,(H,15,17). The Morgan fingerprint density at radius 2 is 2.18 bits per heavy atom. The first-order valence-electron chi connectivity index (χ1n) is 6.61. The summed E-state index contributed by atoms with van der Waals surface area (Å²) in [5.74, 6) is 0.790. The van der Waals surface area contributed by atoms with Crippen LogP contribution in [0.2, 0.25) is 0 Å². The largest absolute Gasteiger partial charge is 0.354 e. The molecule has 1 rings (SSSR count). The van der Waals surface area contributed by atoms with E-state index < -0.39 is 0 Å².